The zero-order chi connectivity index (χ0) is 16.2. The van der Waals surface area contributed by atoms with Crippen LogP contribution in [0.4, 0.5) is 5.69 Å². The van der Waals surface area contributed by atoms with Crippen LogP contribution in [-0.2, 0) is 0 Å². The molecule has 5 nitrogen and oxygen atoms in total. The molecule has 23 heavy (non-hydrogen) atoms. The van der Waals surface area contributed by atoms with Crippen LogP contribution >= 0.6 is 0 Å². The smallest absolute Gasteiger partial charge is 0.276 e. The molecule has 1 amide bonds. The Bertz CT molecular complexity index is 853. The first-order valence-corrected chi connectivity index (χ1v) is 7.17. The number of carbonyl (C=O) groups is 2. The zero-order valence-electron chi connectivity index (χ0n) is 12.6. The minimum atomic E-state index is -0.353. The van der Waals surface area contributed by atoms with Crippen LogP contribution in [0.25, 0.3) is 5.69 Å². The molecule has 0 saturated carbocycles. The summed E-state index contributed by atoms with van der Waals surface area (Å²) in [6.07, 6.45) is 1.72. The molecule has 0 unspecified atom stereocenters. The Kier molecular flexibility index (Phi) is 4.01. The van der Waals surface area contributed by atoms with Gasteiger partial charge in [0.05, 0.1) is 11.4 Å². The molecule has 3 rings (SSSR count). The van der Waals surface area contributed by atoms with Gasteiger partial charge < -0.3 is 5.32 Å². The molecule has 0 fully saturated rings. The predicted octanol–water partition coefficient (Wildman–Crippen LogP) is 3.33. The van der Waals surface area contributed by atoms with Crippen LogP contribution < -0.4 is 5.32 Å². The molecule has 0 bridgehead atoms. The van der Waals surface area contributed by atoms with Crippen LogP contribution in [0.3, 0.4) is 0 Å². The first-order valence-electron chi connectivity index (χ1n) is 7.17. The number of amides is 1. The Balaban J connectivity index is 1.83. The van der Waals surface area contributed by atoms with Crippen molar-refractivity contribution in [3.63, 3.8) is 0 Å². The maximum absolute atomic E-state index is 12.3. The molecule has 1 heterocycles. The Morgan fingerprint density at radius 2 is 1.65 bits per heavy atom. The number of hydrogen-bond acceptors (Lipinski definition) is 3. The number of aromatic nitrogens is 2. The summed E-state index contributed by atoms with van der Waals surface area (Å²) in [5.41, 5.74) is 2.12. The fraction of sp³-hybridized carbons (Fsp3) is 0.0556. The quantitative estimate of drug-likeness (QED) is 0.752. The minimum absolute atomic E-state index is 0.101. The van der Waals surface area contributed by atoms with E-state index in [1.807, 2.05) is 30.3 Å². The van der Waals surface area contributed by atoms with Gasteiger partial charge in [0.1, 0.15) is 0 Å². The standard InChI is InChI=1S/C18H15N3O2/c1-13(22)15-9-5-6-10-16(15)19-18(23)17-11-12-21(20-17)14-7-3-2-4-8-14/h2-12H,1H3,(H,19,23). The third-order valence-corrected chi connectivity index (χ3v) is 3.40. The van der Waals surface area contributed by atoms with Gasteiger partial charge >= 0.3 is 0 Å². The van der Waals surface area contributed by atoms with Gasteiger partial charge in [0.25, 0.3) is 5.91 Å². The molecule has 0 atom stereocenters. The summed E-state index contributed by atoms with van der Waals surface area (Å²) in [6.45, 7) is 1.47. The second kappa shape index (κ2) is 6.27. The highest BCUT2D eigenvalue weighted by Crippen LogP contribution is 2.16. The number of carbonyl (C=O) groups excluding carboxylic acids is 2. The Labute approximate surface area is 133 Å². The lowest BCUT2D eigenvalue weighted by molar-refractivity contribution is 0.101. The van der Waals surface area contributed by atoms with Crippen molar-refractivity contribution in [2.45, 2.75) is 6.92 Å². The topological polar surface area (TPSA) is 64.0 Å². The Morgan fingerprint density at radius 3 is 2.39 bits per heavy atom. The maximum atomic E-state index is 12.3. The molecule has 1 aromatic heterocycles. The first-order chi connectivity index (χ1) is 11.1. The molecular weight excluding hydrogens is 290 g/mol. The minimum Gasteiger partial charge on any atom is -0.320 e. The van der Waals surface area contributed by atoms with Crippen LogP contribution in [0.1, 0.15) is 27.8 Å². The van der Waals surface area contributed by atoms with E-state index in [0.717, 1.165) is 5.69 Å². The fourth-order valence-electron chi connectivity index (χ4n) is 2.26. The molecule has 0 aliphatic heterocycles. The number of ketones is 1. The number of anilines is 1. The van der Waals surface area contributed by atoms with Gasteiger partial charge in [-0.25, -0.2) is 4.68 Å². The number of hydrogen-bond donors (Lipinski definition) is 1. The molecule has 0 radical (unpaired) electrons. The van der Waals surface area contributed by atoms with Gasteiger partial charge in [-0.1, -0.05) is 30.3 Å². The summed E-state index contributed by atoms with van der Waals surface area (Å²) < 4.78 is 1.63. The lowest BCUT2D eigenvalue weighted by Crippen LogP contribution is -2.15. The van der Waals surface area contributed by atoms with Crippen molar-refractivity contribution >= 4 is 17.4 Å². The monoisotopic (exact) mass is 305 g/mol. The highest BCUT2D eigenvalue weighted by atomic mass is 16.2. The summed E-state index contributed by atoms with van der Waals surface area (Å²) in [7, 11) is 0. The van der Waals surface area contributed by atoms with Crippen molar-refractivity contribution in [3.05, 3.63) is 78.1 Å². The summed E-state index contributed by atoms with van der Waals surface area (Å²) in [4.78, 5) is 23.9. The SMILES string of the molecule is CC(=O)c1ccccc1NC(=O)c1ccn(-c2ccccc2)n1. The maximum Gasteiger partial charge on any atom is 0.276 e. The van der Waals surface area contributed by atoms with Gasteiger partial charge in [-0.2, -0.15) is 5.10 Å². The fourth-order valence-corrected chi connectivity index (χ4v) is 2.26. The molecule has 2 aromatic carbocycles. The molecule has 0 aliphatic carbocycles. The number of rotatable bonds is 4. The van der Waals surface area contributed by atoms with Crippen LogP contribution in [0.5, 0.6) is 0 Å². The predicted molar refractivity (Wildman–Crippen MR) is 88.0 cm³/mol. The van der Waals surface area contributed by atoms with Crippen LogP contribution in [0, 0.1) is 0 Å². The molecule has 0 aliphatic rings. The van der Waals surface area contributed by atoms with Crippen molar-refractivity contribution in [2.24, 2.45) is 0 Å². The van der Waals surface area contributed by atoms with Gasteiger partial charge in [0.15, 0.2) is 11.5 Å². The van der Waals surface area contributed by atoms with E-state index in [2.05, 4.69) is 10.4 Å². The van der Waals surface area contributed by atoms with E-state index in [4.69, 9.17) is 0 Å². The van der Waals surface area contributed by atoms with Crippen molar-refractivity contribution in [2.75, 3.05) is 5.32 Å². The van der Waals surface area contributed by atoms with E-state index in [1.54, 1.807) is 41.2 Å². The lowest BCUT2D eigenvalue weighted by Gasteiger charge is -2.07. The second-order valence-electron chi connectivity index (χ2n) is 5.04. The van der Waals surface area contributed by atoms with E-state index in [9.17, 15) is 9.59 Å². The molecular formula is C18H15N3O2. The molecule has 0 spiro atoms. The largest absolute Gasteiger partial charge is 0.320 e. The average molecular weight is 305 g/mol. The number of nitrogens with one attached hydrogen (secondary N) is 1. The van der Waals surface area contributed by atoms with Gasteiger partial charge in [-0.15, -0.1) is 0 Å². The zero-order valence-corrected chi connectivity index (χ0v) is 12.6. The molecule has 0 saturated heterocycles. The van der Waals surface area contributed by atoms with E-state index < -0.39 is 0 Å². The number of benzene rings is 2. The Hall–Kier alpha value is -3.21. The summed E-state index contributed by atoms with van der Waals surface area (Å²) >= 11 is 0. The molecule has 5 heteroatoms. The normalized spacial score (nSPS) is 10.3. The Morgan fingerprint density at radius 1 is 0.957 bits per heavy atom. The second-order valence-corrected chi connectivity index (χ2v) is 5.04. The van der Waals surface area contributed by atoms with Crippen LogP contribution in [-0.4, -0.2) is 21.5 Å². The van der Waals surface area contributed by atoms with Gasteiger partial charge in [-0.3, -0.25) is 9.59 Å². The van der Waals surface area contributed by atoms with Gasteiger partial charge in [0, 0.05) is 11.8 Å². The summed E-state index contributed by atoms with van der Waals surface area (Å²) in [5, 5.41) is 7.01. The third kappa shape index (κ3) is 3.18. The first kappa shape index (κ1) is 14.7. The highest BCUT2D eigenvalue weighted by molar-refractivity contribution is 6.08. The molecule has 114 valence electrons. The highest BCUT2D eigenvalue weighted by Gasteiger charge is 2.13. The van der Waals surface area contributed by atoms with Crippen LogP contribution in [0.2, 0.25) is 0 Å². The summed E-state index contributed by atoms with van der Waals surface area (Å²) in [6, 6.07) is 18.1. The van der Waals surface area contributed by atoms with Crippen molar-refractivity contribution < 1.29 is 9.59 Å². The number of nitrogens with zero attached hydrogens (tertiary/aromatic N) is 2. The van der Waals surface area contributed by atoms with E-state index >= 15 is 0 Å². The van der Waals surface area contributed by atoms with Gasteiger partial charge in [-0.05, 0) is 37.3 Å². The van der Waals surface area contributed by atoms with Crippen molar-refractivity contribution in [3.8, 4) is 5.69 Å². The lowest BCUT2D eigenvalue weighted by atomic mass is 10.1. The van der Waals surface area contributed by atoms with Crippen molar-refractivity contribution in [1.82, 2.24) is 9.78 Å². The van der Waals surface area contributed by atoms with E-state index in [0.29, 0.717) is 11.3 Å². The van der Waals surface area contributed by atoms with Gasteiger partial charge in [0.2, 0.25) is 0 Å². The molecule has 1 N–H and O–H groups in total. The van der Waals surface area contributed by atoms with E-state index in [-0.39, 0.29) is 17.4 Å². The number of Topliss-reactive ketones (excluding diaryl/α,β-unsaturated/α-hetero) is 1. The van der Waals surface area contributed by atoms with E-state index in [1.165, 1.54) is 6.92 Å². The third-order valence-electron chi connectivity index (χ3n) is 3.40. The molecule has 3 aromatic rings. The van der Waals surface area contributed by atoms with Crippen LogP contribution in [0.15, 0.2) is 66.9 Å². The average Bonchev–Trinajstić information content (AvgIpc) is 3.06. The number of para-hydroxylation sites is 2. The van der Waals surface area contributed by atoms with Crippen molar-refractivity contribution in [1.29, 1.82) is 0 Å². The summed E-state index contributed by atoms with van der Waals surface area (Å²) in [5.74, 6) is -0.455.